The summed E-state index contributed by atoms with van der Waals surface area (Å²) in [6, 6.07) is 0. The molecule has 2 aliphatic carbocycles. The fourth-order valence-electron chi connectivity index (χ4n) is 3.20. The second kappa shape index (κ2) is 4.99. The first-order chi connectivity index (χ1) is 6.36. The van der Waals surface area contributed by atoms with Crippen LogP contribution in [0.3, 0.4) is 0 Å². The first-order valence-corrected chi connectivity index (χ1v) is 7.25. The van der Waals surface area contributed by atoms with Gasteiger partial charge in [0.1, 0.15) is 0 Å². The molecule has 76 valence electrons. The Morgan fingerprint density at radius 3 is 2.08 bits per heavy atom. The molecule has 2 rings (SSSR count). The maximum Gasteiger partial charge on any atom is 0.0112 e. The minimum absolute atomic E-state index is 0.998. The van der Waals surface area contributed by atoms with Crippen molar-refractivity contribution in [1.29, 1.82) is 0 Å². The maximum atomic E-state index is 2.67. The summed E-state index contributed by atoms with van der Waals surface area (Å²) in [5.41, 5.74) is 0. The van der Waals surface area contributed by atoms with Gasteiger partial charge in [-0.25, -0.2) is 0 Å². The lowest BCUT2D eigenvalue weighted by molar-refractivity contribution is 0.202. The molecule has 0 nitrogen and oxygen atoms in total. The van der Waals surface area contributed by atoms with E-state index in [-0.39, 0.29) is 0 Å². The van der Waals surface area contributed by atoms with Crippen molar-refractivity contribution in [2.45, 2.75) is 61.7 Å². The average molecular weight is 292 g/mol. The molecule has 0 spiro atoms. The van der Waals surface area contributed by atoms with Crippen LogP contribution in [0, 0.1) is 11.8 Å². The zero-order valence-corrected chi connectivity index (χ0v) is 10.6. The van der Waals surface area contributed by atoms with Gasteiger partial charge in [0.05, 0.1) is 0 Å². The van der Waals surface area contributed by atoms with E-state index in [1.807, 2.05) is 0 Å². The summed E-state index contributed by atoms with van der Waals surface area (Å²) >= 11 is 2.67. The molecule has 0 N–H and O–H groups in total. The monoisotopic (exact) mass is 292 g/mol. The summed E-state index contributed by atoms with van der Waals surface area (Å²) in [4.78, 5) is 0. The largest absolute Gasteiger partial charge is 0.0826 e. The van der Waals surface area contributed by atoms with E-state index >= 15 is 0 Å². The Morgan fingerprint density at radius 1 is 0.692 bits per heavy atom. The minimum atomic E-state index is 0.998. The third-order valence-corrected chi connectivity index (χ3v) is 5.10. The van der Waals surface area contributed by atoms with Crippen LogP contribution in [0.5, 0.6) is 0 Å². The van der Waals surface area contributed by atoms with E-state index in [0.29, 0.717) is 0 Å². The summed E-state index contributed by atoms with van der Waals surface area (Å²) in [5.74, 6) is 2.22. The van der Waals surface area contributed by atoms with Gasteiger partial charge in [-0.2, -0.15) is 0 Å². The molecule has 2 aliphatic rings. The number of alkyl halides is 1. The van der Waals surface area contributed by atoms with E-state index in [1.165, 1.54) is 38.5 Å². The van der Waals surface area contributed by atoms with E-state index < -0.39 is 0 Å². The number of halogens is 1. The topological polar surface area (TPSA) is 0 Å². The molecule has 0 saturated heterocycles. The molecule has 0 heterocycles. The van der Waals surface area contributed by atoms with Gasteiger partial charge >= 0.3 is 0 Å². The highest BCUT2D eigenvalue weighted by Gasteiger charge is 2.27. The maximum absolute atomic E-state index is 2.67. The lowest BCUT2D eigenvalue weighted by Gasteiger charge is -2.34. The van der Waals surface area contributed by atoms with Crippen molar-refractivity contribution in [3.05, 3.63) is 0 Å². The van der Waals surface area contributed by atoms with Gasteiger partial charge in [0.25, 0.3) is 0 Å². The first-order valence-electron chi connectivity index (χ1n) is 6.00. The zero-order chi connectivity index (χ0) is 9.10. The molecule has 13 heavy (non-hydrogen) atoms. The minimum Gasteiger partial charge on any atom is -0.0826 e. The van der Waals surface area contributed by atoms with Crippen LogP contribution in [0.1, 0.15) is 57.8 Å². The van der Waals surface area contributed by atoms with Crippen LogP contribution in [0.4, 0.5) is 0 Å². The summed E-state index contributed by atoms with van der Waals surface area (Å²) in [5, 5.41) is 0. The van der Waals surface area contributed by atoms with Crippen molar-refractivity contribution in [3.63, 3.8) is 0 Å². The lowest BCUT2D eigenvalue weighted by atomic mass is 9.73. The van der Waals surface area contributed by atoms with E-state index in [4.69, 9.17) is 0 Å². The highest BCUT2D eigenvalue weighted by atomic mass is 127. The highest BCUT2D eigenvalue weighted by Crippen LogP contribution is 2.39. The molecule has 2 unspecified atom stereocenters. The molecule has 0 bridgehead atoms. The van der Waals surface area contributed by atoms with Crippen molar-refractivity contribution in [2.75, 3.05) is 0 Å². The quantitative estimate of drug-likeness (QED) is 0.491. The van der Waals surface area contributed by atoms with Gasteiger partial charge in [-0.3, -0.25) is 0 Å². The van der Waals surface area contributed by atoms with Gasteiger partial charge in [0.2, 0.25) is 0 Å². The van der Waals surface area contributed by atoms with Crippen molar-refractivity contribution >= 4 is 22.6 Å². The van der Waals surface area contributed by atoms with Crippen LogP contribution >= 0.6 is 22.6 Å². The van der Waals surface area contributed by atoms with Gasteiger partial charge < -0.3 is 0 Å². The van der Waals surface area contributed by atoms with Crippen LogP contribution in [0.25, 0.3) is 0 Å². The van der Waals surface area contributed by atoms with Gasteiger partial charge in [-0.15, -0.1) is 0 Å². The second-order valence-corrected chi connectivity index (χ2v) is 6.68. The predicted molar refractivity (Wildman–Crippen MR) is 66.3 cm³/mol. The molecular formula is C12H21I. The van der Waals surface area contributed by atoms with Crippen molar-refractivity contribution in [2.24, 2.45) is 11.8 Å². The molecule has 0 amide bonds. The van der Waals surface area contributed by atoms with Gasteiger partial charge in [-0.1, -0.05) is 67.5 Å². The fraction of sp³-hybridized carbons (Fsp3) is 1.00. The predicted octanol–water partition coefficient (Wildman–Crippen LogP) is 4.56. The van der Waals surface area contributed by atoms with Crippen molar-refractivity contribution in [3.8, 4) is 0 Å². The van der Waals surface area contributed by atoms with Crippen LogP contribution in [0.15, 0.2) is 0 Å². The van der Waals surface area contributed by atoms with E-state index in [2.05, 4.69) is 22.6 Å². The summed E-state index contributed by atoms with van der Waals surface area (Å²) < 4.78 is 0.998. The van der Waals surface area contributed by atoms with E-state index in [1.54, 1.807) is 19.3 Å². The first kappa shape index (κ1) is 10.3. The Hall–Kier alpha value is 0.730. The molecule has 0 aromatic rings. The third-order valence-electron chi connectivity index (χ3n) is 3.97. The lowest BCUT2D eigenvalue weighted by Crippen LogP contribution is -2.24. The fourth-order valence-corrected chi connectivity index (χ4v) is 4.29. The van der Waals surface area contributed by atoms with E-state index in [9.17, 15) is 0 Å². The average Bonchev–Trinajstić information content (AvgIpc) is 2.19. The van der Waals surface area contributed by atoms with Gasteiger partial charge in [0.15, 0.2) is 0 Å². The molecule has 2 atom stereocenters. The standard InChI is InChI=1S/C12H21I/c13-12-8-4-7-11(9-12)10-5-2-1-3-6-10/h10-12H,1-9H2. The van der Waals surface area contributed by atoms with Crippen molar-refractivity contribution < 1.29 is 0 Å². The Labute approximate surface area is 96.0 Å². The molecule has 2 saturated carbocycles. The Morgan fingerprint density at radius 2 is 1.38 bits per heavy atom. The Bertz CT molecular complexity index is 149. The molecule has 0 aromatic carbocycles. The van der Waals surface area contributed by atoms with Crippen LogP contribution in [-0.4, -0.2) is 3.92 Å². The van der Waals surface area contributed by atoms with Gasteiger partial charge in [-0.05, 0) is 24.7 Å². The van der Waals surface area contributed by atoms with Crippen LogP contribution in [0.2, 0.25) is 0 Å². The van der Waals surface area contributed by atoms with Crippen molar-refractivity contribution in [1.82, 2.24) is 0 Å². The SMILES string of the molecule is IC1CCCC(C2CCCCC2)C1. The number of hydrogen-bond acceptors (Lipinski definition) is 0. The number of hydrogen-bond donors (Lipinski definition) is 0. The smallest absolute Gasteiger partial charge is 0.0112 e. The summed E-state index contributed by atoms with van der Waals surface area (Å²) in [7, 11) is 0. The molecule has 1 heteroatoms. The summed E-state index contributed by atoms with van der Waals surface area (Å²) in [6.45, 7) is 0. The van der Waals surface area contributed by atoms with Crippen LogP contribution in [-0.2, 0) is 0 Å². The second-order valence-electron chi connectivity index (χ2n) is 4.92. The Balaban J connectivity index is 1.83. The zero-order valence-electron chi connectivity index (χ0n) is 8.47. The normalized spacial score (nSPS) is 37.6. The highest BCUT2D eigenvalue weighted by molar-refractivity contribution is 14.1. The third kappa shape index (κ3) is 2.84. The molecule has 0 radical (unpaired) electrons. The number of rotatable bonds is 1. The molecule has 0 aromatic heterocycles. The summed E-state index contributed by atoms with van der Waals surface area (Å²) in [6.07, 6.45) is 13.7. The van der Waals surface area contributed by atoms with E-state index in [0.717, 1.165) is 15.8 Å². The van der Waals surface area contributed by atoms with Crippen LogP contribution < -0.4 is 0 Å². The molecule has 0 aliphatic heterocycles. The Kier molecular flexibility index (Phi) is 3.94. The molecule has 2 fully saturated rings. The molecular weight excluding hydrogens is 271 g/mol. The van der Waals surface area contributed by atoms with Gasteiger partial charge in [0, 0.05) is 3.92 Å².